The summed E-state index contributed by atoms with van der Waals surface area (Å²) in [4.78, 5) is 2.31. The van der Waals surface area contributed by atoms with Gasteiger partial charge in [-0.1, -0.05) is 53.5 Å². The quantitative estimate of drug-likeness (QED) is 0.844. The smallest absolute Gasteiger partial charge is 0.0745 e. The molecule has 1 aliphatic heterocycles. The molecule has 23 heavy (non-hydrogen) atoms. The molecule has 0 bridgehead atoms. The van der Waals surface area contributed by atoms with Gasteiger partial charge in [0.2, 0.25) is 0 Å². The zero-order chi connectivity index (χ0) is 16.2. The number of aliphatic hydroxyl groups is 1. The van der Waals surface area contributed by atoms with Crippen molar-refractivity contribution in [2.24, 2.45) is 5.92 Å². The first-order valence-electron chi connectivity index (χ1n) is 8.05. The Balaban J connectivity index is 1.76. The van der Waals surface area contributed by atoms with E-state index in [9.17, 15) is 5.11 Å². The zero-order valence-electron chi connectivity index (χ0n) is 13.0. The number of nitrogens with zero attached hydrogens (tertiary/aromatic N) is 1. The third-order valence-electron chi connectivity index (χ3n) is 4.57. The number of aliphatic hydroxyl groups excluding tert-OH is 1. The minimum Gasteiger partial charge on any atom is -0.392 e. The summed E-state index contributed by atoms with van der Waals surface area (Å²) in [6.07, 6.45) is 3.31. The van der Waals surface area contributed by atoms with Crippen molar-refractivity contribution in [3.63, 3.8) is 0 Å². The Bertz CT molecular complexity index is 654. The van der Waals surface area contributed by atoms with E-state index in [1.54, 1.807) is 0 Å². The highest BCUT2D eigenvalue weighted by Crippen LogP contribution is 2.36. The first-order chi connectivity index (χ1) is 11.2. The van der Waals surface area contributed by atoms with Crippen LogP contribution in [0.1, 0.15) is 24.0 Å². The van der Waals surface area contributed by atoms with Crippen molar-refractivity contribution in [1.29, 1.82) is 0 Å². The van der Waals surface area contributed by atoms with Crippen LogP contribution in [0.4, 0.5) is 5.69 Å². The lowest BCUT2D eigenvalue weighted by Crippen LogP contribution is -2.36. The molecule has 3 rings (SSSR count). The third-order valence-corrected chi connectivity index (χ3v) is 5.18. The topological polar surface area (TPSA) is 23.5 Å². The number of para-hydroxylation sites is 1. The van der Waals surface area contributed by atoms with E-state index in [4.69, 9.17) is 23.2 Å². The monoisotopic (exact) mass is 349 g/mol. The number of hydrogen-bond acceptors (Lipinski definition) is 2. The maximum absolute atomic E-state index is 9.51. The van der Waals surface area contributed by atoms with E-state index in [0.717, 1.165) is 37.2 Å². The first kappa shape index (κ1) is 16.6. The molecule has 1 saturated heterocycles. The van der Waals surface area contributed by atoms with Crippen LogP contribution < -0.4 is 4.90 Å². The molecule has 0 radical (unpaired) electrons. The lowest BCUT2D eigenvalue weighted by atomic mass is 9.89. The number of anilines is 1. The van der Waals surface area contributed by atoms with Gasteiger partial charge >= 0.3 is 0 Å². The Labute approximate surface area is 147 Å². The van der Waals surface area contributed by atoms with Crippen LogP contribution in [0.25, 0.3) is 0 Å². The van der Waals surface area contributed by atoms with Crippen LogP contribution in [0.3, 0.4) is 0 Å². The highest BCUT2D eigenvalue weighted by atomic mass is 35.5. The number of halogens is 2. The van der Waals surface area contributed by atoms with Gasteiger partial charge in [0.25, 0.3) is 0 Å². The fourth-order valence-corrected chi connectivity index (χ4v) is 4.08. The Morgan fingerprint density at radius 2 is 1.70 bits per heavy atom. The van der Waals surface area contributed by atoms with Gasteiger partial charge in [0, 0.05) is 13.1 Å². The average Bonchev–Trinajstić information content (AvgIpc) is 2.56. The first-order valence-corrected chi connectivity index (χ1v) is 8.81. The van der Waals surface area contributed by atoms with Gasteiger partial charge < -0.3 is 10.0 Å². The van der Waals surface area contributed by atoms with Crippen LogP contribution in [0, 0.1) is 5.92 Å². The van der Waals surface area contributed by atoms with Crippen molar-refractivity contribution in [3.05, 3.63) is 63.6 Å². The van der Waals surface area contributed by atoms with E-state index in [0.29, 0.717) is 16.0 Å². The predicted molar refractivity (Wildman–Crippen MR) is 97.5 cm³/mol. The normalized spacial score (nSPS) is 18.2. The third kappa shape index (κ3) is 3.82. The number of rotatable bonds is 4. The molecule has 0 aromatic heterocycles. The molecule has 1 heterocycles. The van der Waals surface area contributed by atoms with E-state index in [1.807, 2.05) is 36.4 Å². The molecule has 2 aromatic rings. The van der Waals surface area contributed by atoms with Gasteiger partial charge in [-0.25, -0.2) is 0 Å². The van der Waals surface area contributed by atoms with Crippen LogP contribution in [0.2, 0.25) is 10.0 Å². The number of piperidine rings is 1. The molecule has 2 aromatic carbocycles. The minimum atomic E-state index is 0.100. The Morgan fingerprint density at radius 3 is 2.39 bits per heavy atom. The minimum absolute atomic E-state index is 0.100. The maximum atomic E-state index is 9.51. The predicted octanol–water partition coefficient (Wildman–Crippen LogP) is 4.94. The molecule has 0 aliphatic carbocycles. The molecule has 1 aliphatic rings. The molecule has 0 spiro atoms. The second-order valence-electron chi connectivity index (χ2n) is 6.16. The fourth-order valence-electron chi connectivity index (χ4n) is 3.45. The van der Waals surface area contributed by atoms with E-state index in [2.05, 4.69) is 11.0 Å². The fraction of sp³-hybridized carbons (Fsp3) is 0.368. The van der Waals surface area contributed by atoms with Crippen LogP contribution in [0.15, 0.2) is 42.5 Å². The Hall–Kier alpha value is -1.22. The van der Waals surface area contributed by atoms with Crippen molar-refractivity contribution >= 4 is 28.9 Å². The number of hydrogen-bond donors (Lipinski definition) is 1. The summed E-state index contributed by atoms with van der Waals surface area (Å²) in [6.45, 7) is 2.04. The molecule has 1 unspecified atom stereocenters. The van der Waals surface area contributed by atoms with Gasteiger partial charge in [-0.3, -0.25) is 0 Å². The van der Waals surface area contributed by atoms with Crippen molar-refractivity contribution in [2.45, 2.75) is 25.9 Å². The SMILES string of the molecule is OCc1ccccc1CC1CCCN(c2c(Cl)cccc2Cl)C1. The van der Waals surface area contributed by atoms with Crippen molar-refractivity contribution in [3.8, 4) is 0 Å². The van der Waals surface area contributed by atoms with E-state index < -0.39 is 0 Å². The molecular weight excluding hydrogens is 329 g/mol. The van der Waals surface area contributed by atoms with Gasteiger partial charge in [-0.05, 0) is 48.4 Å². The van der Waals surface area contributed by atoms with Gasteiger partial charge in [0.05, 0.1) is 22.3 Å². The number of benzene rings is 2. The van der Waals surface area contributed by atoms with Gasteiger partial charge in [-0.2, -0.15) is 0 Å². The van der Waals surface area contributed by atoms with Crippen molar-refractivity contribution < 1.29 is 5.11 Å². The van der Waals surface area contributed by atoms with Crippen LogP contribution in [0.5, 0.6) is 0 Å². The summed E-state index contributed by atoms with van der Waals surface area (Å²) in [7, 11) is 0. The lowest BCUT2D eigenvalue weighted by Gasteiger charge is -2.35. The lowest BCUT2D eigenvalue weighted by molar-refractivity contribution is 0.279. The molecule has 0 saturated carbocycles. The van der Waals surface area contributed by atoms with Gasteiger partial charge in [-0.15, -0.1) is 0 Å². The summed E-state index contributed by atoms with van der Waals surface area (Å²) in [5, 5.41) is 10.9. The second kappa shape index (κ2) is 7.57. The molecule has 2 nitrogen and oxygen atoms in total. The molecule has 122 valence electrons. The Kier molecular flexibility index (Phi) is 5.47. The summed E-state index contributed by atoms with van der Waals surface area (Å²) < 4.78 is 0. The molecule has 1 fully saturated rings. The highest BCUT2D eigenvalue weighted by Gasteiger charge is 2.23. The summed E-state index contributed by atoms with van der Waals surface area (Å²) >= 11 is 12.7. The summed E-state index contributed by atoms with van der Waals surface area (Å²) in [6, 6.07) is 13.8. The van der Waals surface area contributed by atoms with Gasteiger partial charge in [0.1, 0.15) is 0 Å². The molecular formula is C19H21Cl2NO. The molecule has 1 atom stereocenters. The zero-order valence-corrected chi connectivity index (χ0v) is 14.5. The van der Waals surface area contributed by atoms with E-state index >= 15 is 0 Å². The van der Waals surface area contributed by atoms with E-state index in [-0.39, 0.29) is 6.61 Å². The second-order valence-corrected chi connectivity index (χ2v) is 6.97. The van der Waals surface area contributed by atoms with Crippen LogP contribution >= 0.6 is 23.2 Å². The summed E-state index contributed by atoms with van der Waals surface area (Å²) in [5.74, 6) is 0.545. The van der Waals surface area contributed by atoms with Crippen LogP contribution in [-0.4, -0.2) is 18.2 Å². The summed E-state index contributed by atoms with van der Waals surface area (Å²) in [5.41, 5.74) is 3.23. The standard InChI is InChI=1S/C19H21Cl2NO/c20-17-8-3-9-18(21)19(17)22-10-4-5-14(12-22)11-15-6-1-2-7-16(15)13-23/h1-3,6-9,14,23H,4-5,10-13H2. The molecule has 0 amide bonds. The Morgan fingerprint density at radius 1 is 1.00 bits per heavy atom. The van der Waals surface area contributed by atoms with Crippen molar-refractivity contribution in [1.82, 2.24) is 0 Å². The maximum Gasteiger partial charge on any atom is 0.0745 e. The largest absolute Gasteiger partial charge is 0.392 e. The molecule has 4 heteroatoms. The van der Waals surface area contributed by atoms with Crippen LogP contribution in [-0.2, 0) is 13.0 Å². The molecule has 1 N–H and O–H groups in total. The van der Waals surface area contributed by atoms with Crippen molar-refractivity contribution in [2.75, 3.05) is 18.0 Å². The van der Waals surface area contributed by atoms with Gasteiger partial charge in [0.15, 0.2) is 0 Å². The highest BCUT2D eigenvalue weighted by molar-refractivity contribution is 6.39. The average molecular weight is 350 g/mol. The van der Waals surface area contributed by atoms with E-state index in [1.165, 1.54) is 12.0 Å².